The Morgan fingerprint density at radius 2 is 2.00 bits per heavy atom. The van der Waals surface area contributed by atoms with Crippen molar-refractivity contribution in [2.45, 2.75) is 77.6 Å². The van der Waals surface area contributed by atoms with E-state index in [1.165, 1.54) is 0 Å². The van der Waals surface area contributed by atoms with Crippen LogP contribution in [-0.2, 0) is 9.22 Å². The number of allylic oxidation sites excluding steroid dienone is 1. The van der Waals surface area contributed by atoms with Crippen molar-refractivity contribution < 1.29 is 14.3 Å². The lowest BCUT2D eigenvalue weighted by Crippen LogP contribution is -2.51. The Kier molecular flexibility index (Phi) is 5.98. The second-order valence-corrected chi connectivity index (χ2v) is 13.7. The van der Waals surface area contributed by atoms with E-state index in [0.29, 0.717) is 12.8 Å². The SMILES string of the molecule is C[C@H]1CC(=O)/C(=C2/CCCN2)[C@H](CCO)[C@H]1O[Si](C)(C)C(C)(C)C. The van der Waals surface area contributed by atoms with Gasteiger partial charge < -0.3 is 14.8 Å². The zero-order valence-electron chi connectivity index (χ0n) is 16.2. The van der Waals surface area contributed by atoms with E-state index in [2.05, 4.69) is 46.1 Å². The summed E-state index contributed by atoms with van der Waals surface area (Å²) in [7, 11) is -1.93. The summed E-state index contributed by atoms with van der Waals surface area (Å²) < 4.78 is 6.77. The number of rotatable bonds is 4. The molecule has 3 atom stereocenters. The highest BCUT2D eigenvalue weighted by Gasteiger charge is 2.46. The summed E-state index contributed by atoms with van der Waals surface area (Å²) in [5, 5.41) is 13.2. The zero-order valence-corrected chi connectivity index (χ0v) is 17.2. The molecule has 2 N–H and O–H groups in total. The second kappa shape index (κ2) is 7.30. The Morgan fingerprint density at radius 3 is 2.50 bits per heavy atom. The van der Waals surface area contributed by atoms with Crippen LogP contribution in [-0.4, -0.2) is 38.5 Å². The van der Waals surface area contributed by atoms with Gasteiger partial charge in [-0.25, -0.2) is 0 Å². The van der Waals surface area contributed by atoms with Crippen LogP contribution in [0.25, 0.3) is 0 Å². The Morgan fingerprint density at radius 1 is 1.33 bits per heavy atom. The fraction of sp³-hybridized carbons (Fsp3) is 0.842. The Bertz CT molecular complexity index is 499. The molecule has 1 aliphatic carbocycles. The van der Waals surface area contributed by atoms with Crippen molar-refractivity contribution in [2.75, 3.05) is 13.2 Å². The quantitative estimate of drug-likeness (QED) is 0.599. The van der Waals surface area contributed by atoms with Crippen LogP contribution in [0, 0.1) is 11.8 Å². The highest BCUT2D eigenvalue weighted by atomic mass is 28.4. The first-order valence-corrected chi connectivity index (χ1v) is 12.3. The van der Waals surface area contributed by atoms with Crippen LogP contribution in [0.15, 0.2) is 11.3 Å². The number of carbonyl (C=O) groups is 1. The van der Waals surface area contributed by atoms with Crippen LogP contribution < -0.4 is 5.32 Å². The fourth-order valence-corrected chi connectivity index (χ4v) is 5.09. The molecule has 2 rings (SSSR count). The minimum absolute atomic E-state index is 0.0148. The summed E-state index contributed by atoms with van der Waals surface area (Å²) in [5.41, 5.74) is 2.03. The molecule has 0 radical (unpaired) electrons. The molecule has 0 aromatic carbocycles. The molecule has 1 heterocycles. The largest absolute Gasteiger partial charge is 0.413 e. The average Bonchev–Trinajstić information content (AvgIpc) is 2.95. The van der Waals surface area contributed by atoms with Crippen LogP contribution in [0.1, 0.15) is 53.4 Å². The third-order valence-corrected chi connectivity index (χ3v) is 10.6. The third-order valence-electron chi connectivity index (χ3n) is 6.08. The number of aliphatic hydroxyl groups is 1. The number of Topliss-reactive ketones (excluding diaryl/α,β-unsaturated/α-hetero) is 1. The molecule has 0 spiro atoms. The van der Waals surface area contributed by atoms with Gasteiger partial charge in [0.05, 0.1) is 6.10 Å². The Hall–Kier alpha value is -0.653. The summed E-state index contributed by atoms with van der Waals surface area (Å²) in [6, 6.07) is 0. The molecule has 1 aliphatic heterocycles. The van der Waals surface area contributed by atoms with Gasteiger partial charge in [0, 0.05) is 36.8 Å². The fourth-order valence-electron chi connectivity index (χ4n) is 3.66. The van der Waals surface area contributed by atoms with Gasteiger partial charge in [0.2, 0.25) is 0 Å². The van der Waals surface area contributed by atoms with Crippen LogP contribution in [0.2, 0.25) is 18.1 Å². The van der Waals surface area contributed by atoms with Crippen molar-refractivity contribution in [1.29, 1.82) is 0 Å². The molecule has 0 aromatic heterocycles. The Balaban J connectivity index is 2.37. The Labute approximate surface area is 148 Å². The highest BCUT2D eigenvalue weighted by Crippen LogP contribution is 2.44. The van der Waals surface area contributed by atoms with Crippen molar-refractivity contribution in [3.8, 4) is 0 Å². The van der Waals surface area contributed by atoms with Crippen LogP contribution >= 0.6 is 0 Å². The highest BCUT2D eigenvalue weighted by molar-refractivity contribution is 6.74. The molecule has 0 bridgehead atoms. The molecule has 0 aromatic rings. The van der Waals surface area contributed by atoms with E-state index in [1.54, 1.807) is 0 Å². The average molecular weight is 354 g/mol. The number of hydrogen-bond acceptors (Lipinski definition) is 4. The number of aliphatic hydroxyl groups excluding tert-OH is 1. The van der Waals surface area contributed by atoms with E-state index in [9.17, 15) is 9.90 Å². The summed E-state index contributed by atoms with van der Waals surface area (Å²) in [6.45, 7) is 14.5. The maximum atomic E-state index is 12.8. The van der Waals surface area contributed by atoms with Gasteiger partial charge in [-0.15, -0.1) is 0 Å². The number of ketones is 1. The van der Waals surface area contributed by atoms with Crippen LogP contribution in [0.5, 0.6) is 0 Å². The molecule has 24 heavy (non-hydrogen) atoms. The predicted octanol–water partition coefficient (Wildman–Crippen LogP) is 3.62. The van der Waals surface area contributed by atoms with Crippen molar-refractivity contribution in [3.05, 3.63) is 11.3 Å². The summed E-state index contributed by atoms with van der Waals surface area (Å²) >= 11 is 0. The van der Waals surface area contributed by atoms with E-state index in [0.717, 1.165) is 30.7 Å². The molecule has 2 aliphatic rings. The number of carbonyl (C=O) groups excluding carboxylic acids is 1. The third kappa shape index (κ3) is 3.94. The standard InChI is InChI=1S/C19H35NO3Si/c1-13-12-16(22)17(15-8-7-10-20-15)14(9-11-21)18(13)23-24(5,6)19(2,3)4/h13-14,18,20-21H,7-12H2,1-6H3/b17-15-/t13-,14-,18-/m0/s1. The lowest BCUT2D eigenvalue weighted by molar-refractivity contribution is -0.121. The molecule has 4 nitrogen and oxygen atoms in total. The van der Waals surface area contributed by atoms with Crippen molar-refractivity contribution in [3.63, 3.8) is 0 Å². The van der Waals surface area contributed by atoms with Crippen molar-refractivity contribution in [2.24, 2.45) is 11.8 Å². The van der Waals surface area contributed by atoms with E-state index in [4.69, 9.17) is 4.43 Å². The first kappa shape index (κ1) is 19.7. The first-order chi connectivity index (χ1) is 11.1. The monoisotopic (exact) mass is 353 g/mol. The summed E-state index contributed by atoms with van der Waals surface area (Å²) in [6.07, 6.45) is 3.23. The van der Waals surface area contributed by atoms with E-state index in [1.807, 2.05) is 0 Å². The maximum Gasteiger partial charge on any atom is 0.192 e. The molecule has 5 heteroatoms. The van der Waals surface area contributed by atoms with Crippen LogP contribution in [0.4, 0.5) is 0 Å². The molecule has 2 fully saturated rings. The van der Waals surface area contributed by atoms with E-state index < -0.39 is 8.32 Å². The normalized spacial score (nSPS) is 32.1. The van der Waals surface area contributed by atoms with E-state index in [-0.39, 0.29) is 35.4 Å². The maximum absolute atomic E-state index is 12.8. The van der Waals surface area contributed by atoms with Gasteiger partial charge in [-0.2, -0.15) is 0 Å². The summed E-state index contributed by atoms with van der Waals surface area (Å²) in [5.74, 6) is 0.468. The molecular weight excluding hydrogens is 318 g/mol. The molecule has 1 saturated heterocycles. The number of hydrogen-bond donors (Lipinski definition) is 2. The second-order valence-electron chi connectivity index (χ2n) is 8.99. The van der Waals surface area contributed by atoms with Crippen LogP contribution in [0.3, 0.4) is 0 Å². The van der Waals surface area contributed by atoms with Gasteiger partial charge in [-0.3, -0.25) is 4.79 Å². The summed E-state index contributed by atoms with van der Waals surface area (Å²) in [4.78, 5) is 12.8. The molecule has 0 amide bonds. The van der Waals surface area contributed by atoms with E-state index >= 15 is 0 Å². The lowest BCUT2D eigenvalue weighted by Gasteiger charge is -2.46. The number of nitrogens with one attached hydrogen (secondary N) is 1. The van der Waals surface area contributed by atoms with Gasteiger partial charge in [-0.05, 0) is 43.3 Å². The van der Waals surface area contributed by atoms with Gasteiger partial charge in [-0.1, -0.05) is 27.7 Å². The molecule has 138 valence electrons. The zero-order chi connectivity index (χ0) is 18.1. The lowest BCUT2D eigenvalue weighted by atomic mass is 9.73. The smallest absolute Gasteiger partial charge is 0.192 e. The van der Waals surface area contributed by atoms with Crippen molar-refractivity contribution >= 4 is 14.1 Å². The minimum Gasteiger partial charge on any atom is -0.413 e. The van der Waals surface area contributed by atoms with Gasteiger partial charge in [0.1, 0.15) is 0 Å². The molecule has 1 saturated carbocycles. The van der Waals surface area contributed by atoms with Gasteiger partial charge >= 0.3 is 0 Å². The predicted molar refractivity (Wildman–Crippen MR) is 100 cm³/mol. The molecule has 0 unspecified atom stereocenters. The van der Waals surface area contributed by atoms with Crippen molar-refractivity contribution in [1.82, 2.24) is 5.32 Å². The van der Waals surface area contributed by atoms with Gasteiger partial charge in [0.25, 0.3) is 0 Å². The van der Waals surface area contributed by atoms with Gasteiger partial charge in [0.15, 0.2) is 14.1 Å². The first-order valence-electron chi connectivity index (χ1n) is 9.37. The minimum atomic E-state index is -1.93. The molecular formula is C19H35NO3Si. The topological polar surface area (TPSA) is 58.6 Å².